The Kier molecular flexibility index (Phi) is 4.91. The minimum atomic E-state index is 0.0724. The molecule has 1 aliphatic heterocycles. The van der Waals surface area contributed by atoms with Crippen LogP contribution in [0.15, 0.2) is 48.3 Å². The van der Waals surface area contributed by atoms with E-state index in [1.54, 1.807) is 12.4 Å². The first-order valence-electron chi connectivity index (χ1n) is 9.73. The zero-order valence-electron chi connectivity index (χ0n) is 15.9. The fourth-order valence-corrected chi connectivity index (χ4v) is 4.68. The molecule has 3 heterocycles. The molecule has 1 aromatic carbocycles. The van der Waals surface area contributed by atoms with E-state index in [9.17, 15) is 4.79 Å². The van der Waals surface area contributed by atoms with E-state index in [-0.39, 0.29) is 5.78 Å². The predicted molar refractivity (Wildman–Crippen MR) is 113 cm³/mol. The summed E-state index contributed by atoms with van der Waals surface area (Å²) in [6.45, 7) is 3.01. The standard InChI is InChI=1S/C22H20N4O2S/c27-19-17(12-15-13-23-22(24-14-15)26-8-10-28-11-9-26)6-7-18-20(19)29-21(25-18)16-4-2-1-3-5-16/h1-5,12-14H,6-11H2/b17-12+. The number of hydrogen-bond donors (Lipinski definition) is 0. The van der Waals surface area contributed by atoms with Gasteiger partial charge in [0.15, 0.2) is 0 Å². The van der Waals surface area contributed by atoms with E-state index in [2.05, 4.69) is 14.9 Å². The second-order valence-electron chi connectivity index (χ2n) is 7.08. The first-order chi connectivity index (χ1) is 14.3. The summed E-state index contributed by atoms with van der Waals surface area (Å²) in [4.78, 5) is 29.5. The number of ether oxygens (including phenoxy) is 1. The van der Waals surface area contributed by atoms with Gasteiger partial charge in [-0.15, -0.1) is 11.3 Å². The number of morpholine rings is 1. The summed E-state index contributed by atoms with van der Waals surface area (Å²) in [6, 6.07) is 10.0. The number of allylic oxidation sites excluding steroid dienone is 1. The van der Waals surface area contributed by atoms with Crippen LogP contribution < -0.4 is 4.90 Å². The van der Waals surface area contributed by atoms with Crippen molar-refractivity contribution in [2.45, 2.75) is 12.8 Å². The van der Waals surface area contributed by atoms with Crippen LogP contribution in [0.5, 0.6) is 0 Å². The van der Waals surface area contributed by atoms with Gasteiger partial charge in [-0.1, -0.05) is 30.3 Å². The van der Waals surface area contributed by atoms with Crippen molar-refractivity contribution in [3.05, 3.63) is 64.4 Å². The molecule has 0 saturated carbocycles. The van der Waals surface area contributed by atoms with Crippen LogP contribution >= 0.6 is 11.3 Å². The molecule has 0 unspecified atom stereocenters. The third kappa shape index (κ3) is 3.71. The molecule has 7 heteroatoms. The lowest BCUT2D eigenvalue weighted by Gasteiger charge is -2.26. The second kappa shape index (κ2) is 7.85. The summed E-state index contributed by atoms with van der Waals surface area (Å²) < 4.78 is 5.37. The van der Waals surface area contributed by atoms with Crippen molar-refractivity contribution in [3.8, 4) is 10.6 Å². The van der Waals surface area contributed by atoms with Crippen molar-refractivity contribution in [2.24, 2.45) is 0 Å². The molecule has 0 atom stereocenters. The van der Waals surface area contributed by atoms with Gasteiger partial charge in [-0.05, 0) is 18.9 Å². The normalized spacial score (nSPS) is 18.1. The number of thiazole rings is 1. The van der Waals surface area contributed by atoms with E-state index in [1.807, 2.05) is 36.4 Å². The first kappa shape index (κ1) is 18.1. The molecule has 1 aliphatic carbocycles. The fraction of sp³-hybridized carbons (Fsp3) is 0.273. The third-order valence-electron chi connectivity index (χ3n) is 5.14. The quantitative estimate of drug-likeness (QED) is 0.621. The Bertz CT molecular complexity index is 1050. The molecule has 146 valence electrons. The molecule has 3 aromatic rings. The van der Waals surface area contributed by atoms with E-state index in [1.165, 1.54) is 11.3 Å². The first-order valence-corrected chi connectivity index (χ1v) is 10.5. The van der Waals surface area contributed by atoms with Crippen LogP contribution in [0.2, 0.25) is 0 Å². The van der Waals surface area contributed by atoms with Gasteiger partial charge in [-0.2, -0.15) is 0 Å². The van der Waals surface area contributed by atoms with Crippen LogP contribution in [0.25, 0.3) is 16.6 Å². The van der Waals surface area contributed by atoms with Crippen LogP contribution in [-0.4, -0.2) is 47.0 Å². The Morgan fingerprint density at radius 1 is 1.03 bits per heavy atom. The minimum Gasteiger partial charge on any atom is -0.378 e. The number of hydrogen-bond acceptors (Lipinski definition) is 7. The van der Waals surface area contributed by atoms with E-state index in [0.29, 0.717) is 25.6 Å². The van der Waals surface area contributed by atoms with E-state index in [0.717, 1.165) is 51.8 Å². The summed E-state index contributed by atoms with van der Waals surface area (Å²) in [5.74, 6) is 0.783. The van der Waals surface area contributed by atoms with Gasteiger partial charge in [0.25, 0.3) is 0 Å². The number of Topliss-reactive ketones (excluding diaryl/α,β-unsaturated/α-hetero) is 1. The Morgan fingerprint density at radius 2 is 1.79 bits per heavy atom. The maximum atomic E-state index is 13.0. The summed E-state index contributed by atoms with van der Waals surface area (Å²) in [6.07, 6.45) is 6.96. The lowest BCUT2D eigenvalue weighted by atomic mass is 9.94. The monoisotopic (exact) mass is 404 g/mol. The number of rotatable bonds is 3. The van der Waals surface area contributed by atoms with Crippen LogP contribution in [-0.2, 0) is 11.2 Å². The Labute approximate surface area is 172 Å². The number of fused-ring (bicyclic) bond motifs is 1. The largest absolute Gasteiger partial charge is 0.378 e. The number of nitrogens with zero attached hydrogens (tertiary/aromatic N) is 4. The molecule has 2 aliphatic rings. The zero-order chi connectivity index (χ0) is 19.6. The average Bonchev–Trinajstić information content (AvgIpc) is 3.23. The molecule has 0 radical (unpaired) electrons. The Hall–Kier alpha value is -2.90. The average molecular weight is 404 g/mol. The van der Waals surface area contributed by atoms with Crippen molar-refractivity contribution in [1.82, 2.24) is 15.0 Å². The van der Waals surface area contributed by atoms with Crippen molar-refractivity contribution in [1.29, 1.82) is 0 Å². The highest BCUT2D eigenvalue weighted by Gasteiger charge is 2.26. The van der Waals surface area contributed by atoms with Crippen LogP contribution in [0.1, 0.15) is 27.3 Å². The molecule has 1 fully saturated rings. The zero-order valence-corrected chi connectivity index (χ0v) is 16.7. The molecule has 1 saturated heterocycles. The number of ketones is 1. The molecule has 0 amide bonds. The molecule has 6 nitrogen and oxygen atoms in total. The van der Waals surface area contributed by atoms with Crippen LogP contribution in [0, 0.1) is 0 Å². The number of aryl methyl sites for hydroxylation is 1. The molecule has 0 N–H and O–H groups in total. The minimum absolute atomic E-state index is 0.0724. The highest BCUT2D eigenvalue weighted by Crippen LogP contribution is 2.34. The lowest BCUT2D eigenvalue weighted by molar-refractivity contribution is 0.103. The smallest absolute Gasteiger partial charge is 0.225 e. The summed E-state index contributed by atoms with van der Waals surface area (Å²) in [7, 11) is 0. The maximum Gasteiger partial charge on any atom is 0.225 e. The Morgan fingerprint density at radius 3 is 2.55 bits per heavy atom. The Balaban J connectivity index is 1.37. The van der Waals surface area contributed by atoms with Gasteiger partial charge in [0.2, 0.25) is 11.7 Å². The molecular weight excluding hydrogens is 384 g/mol. The summed E-state index contributed by atoms with van der Waals surface area (Å²) in [5.41, 5.74) is 3.61. The van der Waals surface area contributed by atoms with E-state index < -0.39 is 0 Å². The SMILES string of the molecule is O=C1/C(=C/c2cnc(N3CCOCC3)nc2)CCc2nc(-c3ccccc3)sc21. The summed E-state index contributed by atoms with van der Waals surface area (Å²) >= 11 is 1.48. The van der Waals surface area contributed by atoms with Gasteiger partial charge >= 0.3 is 0 Å². The van der Waals surface area contributed by atoms with E-state index >= 15 is 0 Å². The highest BCUT2D eigenvalue weighted by atomic mass is 32.1. The molecular formula is C22H20N4O2S. The highest BCUT2D eigenvalue weighted by molar-refractivity contribution is 7.17. The number of aromatic nitrogens is 3. The van der Waals surface area contributed by atoms with Crippen molar-refractivity contribution in [3.63, 3.8) is 0 Å². The van der Waals surface area contributed by atoms with Gasteiger partial charge in [0.05, 0.1) is 23.8 Å². The number of benzene rings is 1. The number of carbonyl (C=O) groups excluding carboxylic acids is 1. The van der Waals surface area contributed by atoms with Crippen LogP contribution in [0.4, 0.5) is 5.95 Å². The third-order valence-corrected chi connectivity index (χ3v) is 6.29. The van der Waals surface area contributed by atoms with Crippen molar-refractivity contribution in [2.75, 3.05) is 31.2 Å². The molecule has 29 heavy (non-hydrogen) atoms. The fourth-order valence-electron chi connectivity index (χ4n) is 3.59. The number of carbonyl (C=O) groups is 1. The van der Waals surface area contributed by atoms with Gasteiger partial charge in [-0.25, -0.2) is 15.0 Å². The lowest BCUT2D eigenvalue weighted by Crippen LogP contribution is -2.37. The van der Waals surface area contributed by atoms with Gasteiger partial charge in [0, 0.05) is 42.2 Å². The summed E-state index contributed by atoms with van der Waals surface area (Å²) in [5, 5.41) is 0.906. The topological polar surface area (TPSA) is 68.2 Å². The van der Waals surface area contributed by atoms with Crippen molar-refractivity contribution >= 4 is 29.1 Å². The molecule has 0 spiro atoms. The van der Waals surface area contributed by atoms with Gasteiger partial charge in [-0.3, -0.25) is 4.79 Å². The van der Waals surface area contributed by atoms with E-state index in [4.69, 9.17) is 9.72 Å². The van der Waals surface area contributed by atoms with Crippen molar-refractivity contribution < 1.29 is 9.53 Å². The molecule has 5 rings (SSSR count). The number of anilines is 1. The predicted octanol–water partition coefficient (Wildman–Crippen LogP) is 3.65. The molecule has 0 bridgehead atoms. The van der Waals surface area contributed by atoms with Gasteiger partial charge < -0.3 is 9.64 Å². The molecule has 2 aromatic heterocycles. The second-order valence-corrected chi connectivity index (χ2v) is 8.07. The van der Waals surface area contributed by atoms with Gasteiger partial charge in [0.1, 0.15) is 5.01 Å². The maximum absolute atomic E-state index is 13.0. The van der Waals surface area contributed by atoms with Crippen LogP contribution in [0.3, 0.4) is 0 Å².